The number of halogens is 3. The second kappa shape index (κ2) is 9.02. The highest BCUT2D eigenvalue weighted by Crippen LogP contribution is 2.40. The average molecular weight is 428 g/mol. The van der Waals surface area contributed by atoms with Gasteiger partial charge in [0, 0.05) is 24.9 Å². The summed E-state index contributed by atoms with van der Waals surface area (Å²) in [5.41, 5.74) is 4.28. The number of hydrazine groups is 1. The first-order valence-electron chi connectivity index (χ1n) is 9.24. The largest absolute Gasteiger partial charge is 0.484 e. The third kappa shape index (κ3) is 4.58. The molecule has 0 saturated heterocycles. The van der Waals surface area contributed by atoms with E-state index < -0.39 is 48.1 Å². The van der Waals surface area contributed by atoms with Crippen LogP contribution in [0.3, 0.4) is 0 Å². The van der Waals surface area contributed by atoms with Gasteiger partial charge in [-0.15, -0.1) is 0 Å². The second-order valence-corrected chi connectivity index (χ2v) is 7.06. The number of aliphatic hydroxyl groups is 1. The maximum Gasteiger partial charge on any atom is 0.410 e. The number of amides is 1. The zero-order valence-electron chi connectivity index (χ0n) is 16.0. The standard InChI is InChI=1S/C19H23F3N4O4/c1-29-14-5-3-2-4-12(14)16-17(25-26-18(16)19(20,21)22)11-7-6-10(8-13(11)27)30-9-15(28)24-23/h2-8,11-14,16,18,26-27H,9,23H2,1H3,(H,24,28). The molecule has 6 unspecified atom stereocenters. The van der Waals surface area contributed by atoms with Gasteiger partial charge in [-0.3, -0.25) is 15.6 Å². The number of hydrogen-bond acceptors (Lipinski definition) is 7. The van der Waals surface area contributed by atoms with E-state index in [9.17, 15) is 23.1 Å². The number of rotatable bonds is 6. The molecular formula is C19H23F3N4O4. The van der Waals surface area contributed by atoms with Gasteiger partial charge in [0.15, 0.2) is 6.61 Å². The first-order chi connectivity index (χ1) is 14.3. The Morgan fingerprint density at radius 2 is 2.07 bits per heavy atom. The number of hydrogen-bond donors (Lipinski definition) is 4. The van der Waals surface area contributed by atoms with Crippen LogP contribution in [-0.2, 0) is 14.3 Å². The molecule has 0 aromatic rings. The summed E-state index contributed by atoms with van der Waals surface area (Å²) in [4.78, 5) is 11.2. The molecule has 8 nitrogen and oxygen atoms in total. The molecule has 0 aromatic heterocycles. The van der Waals surface area contributed by atoms with Gasteiger partial charge in [0.1, 0.15) is 11.8 Å². The Morgan fingerprint density at radius 3 is 2.70 bits per heavy atom. The summed E-state index contributed by atoms with van der Waals surface area (Å²) >= 11 is 0. The monoisotopic (exact) mass is 428 g/mol. The number of ether oxygens (including phenoxy) is 2. The maximum atomic E-state index is 13.7. The second-order valence-electron chi connectivity index (χ2n) is 7.06. The molecule has 164 valence electrons. The fourth-order valence-corrected chi connectivity index (χ4v) is 3.83. The van der Waals surface area contributed by atoms with Crippen LogP contribution in [0, 0.1) is 17.8 Å². The summed E-state index contributed by atoms with van der Waals surface area (Å²) in [6.45, 7) is -0.361. The summed E-state index contributed by atoms with van der Waals surface area (Å²) in [5, 5.41) is 14.5. The molecule has 0 spiro atoms. The molecule has 3 aliphatic rings. The van der Waals surface area contributed by atoms with E-state index in [1.807, 2.05) is 5.43 Å². The van der Waals surface area contributed by atoms with Crippen molar-refractivity contribution in [3.05, 3.63) is 48.3 Å². The highest BCUT2D eigenvalue weighted by atomic mass is 19.4. The van der Waals surface area contributed by atoms with Crippen molar-refractivity contribution in [2.45, 2.75) is 24.4 Å². The molecule has 5 N–H and O–H groups in total. The molecule has 0 radical (unpaired) electrons. The van der Waals surface area contributed by atoms with Crippen LogP contribution < -0.4 is 16.7 Å². The Bertz CT molecular complexity index is 806. The fourth-order valence-electron chi connectivity index (χ4n) is 3.83. The number of hydrazone groups is 1. The van der Waals surface area contributed by atoms with Gasteiger partial charge in [-0.05, 0) is 12.2 Å². The molecule has 1 aliphatic heterocycles. The van der Waals surface area contributed by atoms with Crippen molar-refractivity contribution in [1.29, 1.82) is 0 Å². The molecule has 0 fully saturated rings. The lowest BCUT2D eigenvalue weighted by molar-refractivity contribution is -0.164. The smallest absolute Gasteiger partial charge is 0.410 e. The van der Waals surface area contributed by atoms with Crippen LogP contribution in [0.5, 0.6) is 0 Å². The fraction of sp³-hybridized carbons (Fsp3) is 0.474. The Balaban J connectivity index is 1.83. The van der Waals surface area contributed by atoms with Crippen LogP contribution in [0.4, 0.5) is 13.2 Å². The van der Waals surface area contributed by atoms with E-state index in [-0.39, 0.29) is 18.1 Å². The highest BCUT2D eigenvalue weighted by Gasteiger charge is 2.54. The average Bonchev–Trinajstić information content (AvgIpc) is 3.17. The molecule has 3 rings (SSSR count). The highest BCUT2D eigenvalue weighted by molar-refractivity contribution is 5.94. The van der Waals surface area contributed by atoms with Crippen LogP contribution >= 0.6 is 0 Å². The number of nitrogens with one attached hydrogen (secondary N) is 2. The van der Waals surface area contributed by atoms with Crippen molar-refractivity contribution in [2.75, 3.05) is 13.7 Å². The molecule has 6 atom stereocenters. The summed E-state index contributed by atoms with van der Waals surface area (Å²) < 4.78 is 51.8. The number of nitrogens with two attached hydrogens (primary N) is 1. The van der Waals surface area contributed by atoms with Crippen molar-refractivity contribution in [3.63, 3.8) is 0 Å². The van der Waals surface area contributed by atoms with Crippen LogP contribution in [0.15, 0.2) is 53.4 Å². The number of aliphatic hydroxyl groups excluding tert-OH is 1. The third-order valence-electron chi connectivity index (χ3n) is 5.24. The van der Waals surface area contributed by atoms with Crippen molar-refractivity contribution < 1.29 is 32.5 Å². The zero-order chi connectivity index (χ0) is 21.9. The van der Waals surface area contributed by atoms with Crippen molar-refractivity contribution in [2.24, 2.45) is 28.7 Å². The molecule has 1 amide bonds. The normalized spacial score (nSPS) is 33.0. The Morgan fingerprint density at radius 1 is 1.33 bits per heavy atom. The van der Waals surface area contributed by atoms with Gasteiger partial charge in [0.05, 0.1) is 17.9 Å². The zero-order valence-corrected chi connectivity index (χ0v) is 16.0. The Kier molecular flexibility index (Phi) is 6.64. The van der Waals surface area contributed by atoms with Gasteiger partial charge in [-0.1, -0.05) is 30.4 Å². The number of nitrogens with zero attached hydrogens (tertiary/aromatic N) is 1. The van der Waals surface area contributed by atoms with E-state index >= 15 is 0 Å². The minimum Gasteiger partial charge on any atom is -0.484 e. The van der Waals surface area contributed by atoms with E-state index in [4.69, 9.17) is 15.3 Å². The lowest BCUT2D eigenvalue weighted by Crippen LogP contribution is -2.50. The molecular weight excluding hydrogens is 405 g/mol. The van der Waals surface area contributed by atoms with Crippen LogP contribution in [-0.4, -0.2) is 54.9 Å². The van der Waals surface area contributed by atoms with Crippen LogP contribution in [0.2, 0.25) is 0 Å². The number of carbonyl (C=O) groups is 1. The van der Waals surface area contributed by atoms with E-state index in [0.717, 1.165) is 0 Å². The van der Waals surface area contributed by atoms with Gasteiger partial charge in [0.2, 0.25) is 0 Å². The van der Waals surface area contributed by atoms with Gasteiger partial charge in [0.25, 0.3) is 5.91 Å². The van der Waals surface area contributed by atoms with Gasteiger partial charge in [-0.2, -0.15) is 18.3 Å². The molecule has 0 saturated carbocycles. The molecule has 30 heavy (non-hydrogen) atoms. The minimum atomic E-state index is -4.55. The summed E-state index contributed by atoms with van der Waals surface area (Å²) in [6, 6.07) is -1.92. The maximum absolute atomic E-state index is 13.7. The van der Waals surface area contributed by atoms with Gasteiger partial charge >= 0.3 is 6.18 Å². The van der Waals surface area contributed by atoms with Crippen molar-refractivity contribution in [3.8, 4) is 0 Å². The Labute approximate surface area is 170 Å². The van der Waals surface area contributed by atoms with E-state index in [0.29, 0.717) is 0 Å². The lowest BCUT2D eigenvalue weighted by atomic mass is 9.73. The molecule has 2 aliphatic carbocycles. The summed E-state index contributed by atoms with van der Waals surface area (Å²) in [6.07, 6.45) is 4.74. The van der Waals surface area contributed by atoms with Crippen LogP contribution in [0.25, 0.3) is 0 Å². The van der Waals surface area contributed by atoms with E-state index in [1.165, 1.54) is 25.3 Å². The van der Waals surface area contributed by atoms with Gasteiger partial charge < -0.3 is 14.6 Å². The lowest BCUT2D eigenvalue weighted by Gasteiger charge is -2.35. The molecule has 11 heteroatoms. The number of carbonyl (C=O) groups excluding carboxylic acids is 1. The van der Waals surface area contributed by atoms with Crippen LogP contribution in [0.1, 0.15) is 0 Å². The number of allylic oxidation sites excluding steroid dienone is 3. The predicted molar refractivity (Wildman–Crippen MR) is 101 cm³/mol. The quantitative estimate of drug-likeness (QED) is 0.281. The Hall–Kier alpha value is -2.63. The van der Waals surface area contributed by atoms with E-state index in [2.05, 4.69) is 10.5 Å². The predicted octanol–water partition coefficient (Wildman–Crippen LogP) is 0.687. The topological polar surface area (TPSA) is 118 Å². The first-order valence-corrected chi connectivity index (χ1v) is 9.24. The van der Waals surface area contributed by atoms with Crippen molar-refractivity contribution >= 4 is 11.6 Å². The number of methoxy groups -OCH3 is 1. The molecule has 0 aromatic carbocycles. The number of alkyl halides is 3. The molecule has 1 heterocycles. The third-order valence-corrected chi connectivity index (χ3v) is 5.24. The summed E-state index contributed by atoms with van der Waals surface area (Å²) in [7, 11) is 1.43. The summed E-state index contributed by atoms with van der Waals surface area (Å²) in [5.74, 6) is 2.09. The van der Waals surface area contributed by atoms with Gasteiger partial charge in [-0.25, -0.2) is 5.84 Å². The first kappa shape index (κ1) is 22.1. The van der Waals surface area contributed by atoms with Crippen molar-refractivity contribution in [1.82, 2.24) is 10.9 Å². The molecule has 0 bridgehead atoms. The minimum absolute atomic E-state index is 0.170. The van der Waals surface area contributed by atoms with E-state index in [1.54, 1.807) is 24.3 Å². The SMILES string of the molecule is COC1C=CC=CC1C1C(C2C=CC(OCC(=O)NN)=CC2O)=NNC1C(F)(F)F.